The standard InChI is InChI=1S/C14H26O3/c1-10(2)14(15)9-16-12-5-7-13(8-6-12)17-11(3)4/h10-13H,5-9H2,1-4H3. The molecule has 17 heavy (non-hydrogen) atoms. The number of carbonyl (C=O) groups excluding carboxylic acids is 1. The Morgan fingerprint density at radius 1 is 1.06 bits per heavy atom. The lowest BCUT2D eigenvalue weighted by Crippen LogP contribution is -2.30. The van der Waals surface area contributed by atoms with Gasteiger partial charge in [-0.15, -0.1) is 0 Å². The Balaban J connectivity index is 2.17. The van der Waals surface area contributed by atoms with Gasteiger partial charge in [0.25, 0.3) is 0 Å². The van der Waals surface area contributed by atoms with Gasteiger partial charge in [-0.05, 0) is 39.5 Å². The number of hydrogen-bond acceptors (Lipinski definition) is 3. The van der Waals surface area contributed by atoms with Crippen molar-refractivity contribution < 1.29 is 14.3 Å². The number of ether oxygens (including phenoxy) is 2. The van der Waals surface area contributed by atoms with Crippen LogP contribution in [0.15, 0.2) is 0 Å². The quantitative estimate of drug-likeness (QED) is 0.718. The van der Waals surface area contributed by atoms with E-state index in [1.807, 2.05) is 13.8 Å². The molecule has 0 radical (unpaired) electrons. The maximum atomic E-state index is 11.4. The summed E-state index contributed by atoms with van der Waals surface area (Å²) in [6, 6.07) is 0. The molecule has 1 aliphatic rings. The van der Waals surface area contributed by atoms with Crippen molar-refractivity contribution >= 4 is 5.78 Å². The summed E-state index contributed by atoms with van der Waals surface area (Å²) in [5.41, 5.74) is 0. The number of rotatable bonds is 6. The zero-order valence-corrected chi connectivity index (χ0v) is 11.6. The molecule has 0 bridgehead atoms. The number of hydrogen-bond donors (Lipinski definition) is 0. The van der Waals surface area contributed by atoms with Gasteiger partial charge < -0.3 is 9.47 Å². The van der Waals surface area contributed by atoms with Crippen LogP contribution >= 0.6 is 0 Å². The molecule has 0 aromatic rings. The fourth-order valence-electron chi connectivity index (χ4n) is 2.09. The summed E-state index contributed by atoms with van der Waals surface area (Å²) in [6.45, 7) is 8.25. The highest BCUT2D eigenvalue weighted by Crippen LogP contribution is 2.24. The van der Waals surface area contributed by atoms with E-state index in [0.717, 1.165) is 25.7 Å². The summed E-state index contributed by atoms with van der Waals surface area (Å²) >= 11 is 0. The molecule has 100 valence electrons. The predicted molar refractivity (Wildman–Crippen MR) is 68.1 cm³/mol. The van der Waals surface area contributed by atoms with Gasteiger partial charge in [-0.25, -0.2) is 0 Å². The van der Waals surface area contributed by atoms with Crippen LogP contribution in [0.1, 0.15) is 53.4 Å². The van der Waals surface area contributed by atoms with Crippen LogP contribution in [-0.4, -0.2) is 30.7 Å². The van der Waals surface area contributed by atoms with Gasteiger partial charge in [0, 0.05) is 5.92 Å². The van der Waals surface area contributed by atoms with Crippen LogP contribution in [0.4, 0.5) is 0 Å². The molecule has 0 aromatic heterocycles. The van der Waals surface area contributed by atoms with Gasteiger partial charge in [0.1, 0.15) is 6.61 Å². The molecule has 0 spiro atoms. The van der Waals surface area contributed by atoms with Gasteiger partial charge >= 0.3 is 0 Å². The Morgan fingerprint density at radius 2 is 1.59 bits per heavy atom. The highest BCUT2D eigenvalue weighted by Gasteiger charge is 2.23. The summed E-state index contributed by atoms with van der Waals surface area (Å²) < 4.78 is 11.4. The third-order valence-corrected chi connectivity index (χ3v) is 3.19. The molecule has 1 rings (SSSR count). The first-order valence-electron chi connectivity index (χ1n) is 6.78. The normalized spacial score (nSPS) is 25.5. The van der Waals surface area contributed by atoms with Gasteiger partial charge in [-0.1, -0.05) is 13.8 Å². The van der Waals surface area contributed by atoms with Crippen LogP contribution in [0.25, 0.3) is 0 Å². The summed E-state index contributed by atoms with van der Waals surface area (Å²) in [5, 5.41) is 0. The van der Waals surface area contributed by atoms with Gasteiger partial charge in [0.05, 0.1) is 18.3 Å². The van der Waals surface area contributed by atoms with E-state index in [1.165, 1.54) is 0 Å². The molecule has 0 unspecified atom stereocenters. The van der Waals surface area contributed by atoms with E-state index in [2.05, 4.69) is 13.8 Å². The fourth-order valence-corrected chi connectivity index (χ4v) is 2.09. The van der Waals surface area contributed by atoms with Gasteiger partial charge in [-0.3, -0.25) is 4.79 Å². The number of ketones is 1. The molecular weight excluding hydrogens is 216 g/mol. The lowest BCUT2D eigenvalue weighted by Gasteiger charge is -2.29. The summed E-state index contributed by atoms with van der Waals surface area (Å²) in [4.78, 5) is 11.4. The largest absolute Gasteiger partial charge is 0.376 e. The first-order chi connectivity index (χ1) is 7.99. The predicted octanol–water partition coefficient (Wildman–Crippen LogP) is 2.96. The van der Waals surface area contributed by atoms with Gasteiger partial charge in [-0.2, -0.15) is 0 Å². The van der Waals surface area contributed by atoms with Crippen molar-refractivity contribution in [2.75, 3.05) is 6.61 Å². The zero-order chi connectivity index (χ0) is 12.8. The molecule has 1 saturated carbocycles. The van der Waals surface area contributed by atoms with E-state index in [0.29, 0.717) is 12.2 Å². The van der Waals surface area contributed by atoms with Crippen molar-refractivity contribution in [3.8, 4) is 0 Å². The molecule has 0 aromatic carbocycles. The van der Waals surface area contributed by atoms with Gasteiger partial charge in [0.2, 0.25) is 0 Å². The maximum absolute atomic E-state index is 11.4. The molecule has 0 saturated heterocycles. The molecule has 3 nitrogen and oxygen atoms in total. The van der Waals surface area contributed by atoms with Crippen LogP contribution in [0, 0.1) is 5.92 Å². The first-order valence-corrected chi connectivity index (χ1v) is 6.78. The SMILES string of the molecule is CC(C)OC1CCC(OCC(=O)C(C)C)CC1. The van der Waals surface area contributed by atoms with E-state index in [9.17, 15) is 4.79 Å². The van der Waals surface area contributed by atoms with Crippen LogP contribution < -0.4 is 0 Å². The van der Waals surface area contributed by atoms with Crippen molar-refractivity contribution in [1.82, 2.24) is 0 Å². The van der Waals surface area contributed by atoms with Crippen LogP contribution in [0.5, 0.6) is 0 Å². The molecular formula is C14H26O3. The Hall–Kier alpha value is -0.410. The minimum Gasteiger partial charge on any atom is -0.376 e. The number of Topliss-reactive ketones (excluding diaryl/α,β-unsaturated/α-hetero) is 1. The first kappa shape index (κ1) is 14.7. The van der Waals surface area contributed by atoms with Crippen molar-refractivity contribution in [3.05, 3.63) is 0 Å². The second kappa shape index (κ2) is 7.12. The molecule has 0 amide bonds. The minimum atomic E-state index is 0.0793. The minimum absolute atomic E-state index is 0.0793. The zero-order valence-electron chi connectivity index (χ0n) is 11.6. The highest BCUT2D eigenvalue weighted by atomic mass is 16.5. The van der Waals surface area contributed by atoms with Crippen LogP contribution in [0.2, 0.25) is 0 Å². The molecule has 0 heterocycles. The smallest absolute Gasteiger partial charge is 0.160 e. The molecule has 1 aliphatic carbocycles. The van der Waals surface area contributed by atoms with Crippen molar-refractivity contribution in [1.29, 1.82) is 0 Å². The molecule has 3 heteroatoms. The van der Waals surface area contributed by atoms with E-state index in [4.69, 9.17) is 9.47 Å². The van der Waals surface area contributed by atoms with Crippen molar-refractivity contribution in [3.63, 3.8) is 0 Å². The highest BCUT2D eigenvalue weighted by molar-refractivity contribution is 5.81. The third kappa shape index (κ3) is 5.64. The van der Waals surface area contributed by atoms with E-state index in [-0.39, 0.29) is 24.4 Å². The number of carbonyl (C=O) groups is 1. The Labute approximate surface area is 105 Å². The topological polar surface area (TPSA) is 35.5 Å². The lowest BCUT2D eigenvalue weighted by atomic mass is 9.94. The maximum Gasteiger partial charge on any atom is 0.160 e. The lowest BCUT2D eigenvalue weighted by molar-refractivity contribution is -0.130. The molecule has 0 atom stereocenters. The van der Waals surface area contributed by atoms with Crippen LogP contribution in [-0.2, 0) is 14.3 Å². The molecule has 0 N–H and O–H groups in total. The monoisotopic (exact) mass is 242 g/mol. The Morgan fingerprint density at radius 3 is 2.06 bits per heavy atom. The summed E-state index contributed by atoms with van der Waals surface area (Å²) in [5.74, 6) is 0.279. The summed E-state index contributed by atoms with van der Waals surface area (Å²) in [7, 11) is 0. The van der Waals surface area contributed by atoms with E-state index in [1.54, 1.807) is 0 Å². The van der Waals surface area contributed by atoms with Crippen LogP contribution in [0.3, 0.4) is 0 Å². The Bertz CT molecular complexity index is 228. The van der Waals surface area contributed by atoms with E-state index < -0.39 is 0 Å². The average Bonchev–Trinajstić information content (AvgIpc) is 2.26. The molecule has 1 fully saturated rings. The Kier molecular flexibility index (Phi) is 6.14. The summed E-state index contributed by atoms with van der Waals surface area (Å²) in [6.07, 6.45) is 5.09. The fraction of sp³-hybridized carbons (Fsp3) is 0.929. The second-order valence-electron chi connectivity index (χ2n) is 5.52. The average molecular weight is 242 g/mol. The molecule has 0 aliphatic heterocycles. The van der Waals surface area contributed by atoms with E-state index >= 15 is 0 Å². The second-order valence-corrected chi connectivity index (χ2v) is 5.52. The van der Waals surface area contributed by atoms with Crippen molar-refractivity contribution in [2.24, 2.45) is 5.92 Å². The van der Waals surface area contributed by atoms with Crippen molar-refractivity contribution in [2.45, 2.75) is 71.7 Å². The van der Waals surface area contributed by atoms with Gasteiger partial charge in [0.15, 0.2) is 5.78 Å². The third-order valence-electron chi connectivity index (χ3n) is 3.19.